The van der Waals surface area contributed by atoms with E-state index in [4.69, 9.17) is 9.47 Å². The molecule has 1 aliphatic heterocycles. The van der Waals surface area contributed by atoms with Crippen LogP contribution < -0.4 is 19.1 Å². The van der Waals surface area contributed by atoms with Gasteiger partial charge in [0.1, 0.15) is 19.8 Å². The number of benzene rings is 2. The van der Waals surface area contributed by atoms with Crippen LogP contribution in [0.4, 0.5) is 5.69 Å². The number of rotatable bonds is 6. The fourth-order valence-corrected chi connectivity index (χ4v) is 3.79. The predicted molar refractivity (Wildman–Crippen MR) is 107 cm³/mol. The molecule has 0 saturated carbocycles. The van der Waals surface area contributed by atoms with E-state index in [-0.39, 0.29) is 12.6 Å². The summed E-state index contributed by atoms with van der Waals surface area (Å²) in [6.45, 7) is 4.36. The zero-order valence-electron chi connectivity index (χ0n) is 16.1. The molecule has 0 radical (unpaired) electrons. The summed E-state index contributed by atoms with van der Waals surface area (Å²) in [7, 11) is -3.67. The topological polar surface area (TPSA) is 84.9 Å². The van der Waals surface area contributed by atoms with Crippen molar-refractivity contribution in [2.45, 2.75) is 19.9 Å². The number of fused-ring (bicyclic) bond motifs is 1. The summed E-state index contributed by atoms with van der Waals surface area (Å²) in [5.74, 6) is 0.625. The maximum Gasteiger partial charge on any atom is 0.241 e. The van der Waals surface area contributed by atoms with E-state index < -0.39 is 15.9 Å². The van der Waals surface area contributed by atoms with Crippen LogP contribution in [-0.2, 0) is 14.8 Å². The Bertz CT molecular complexity index is 957. The summed E-state index contributed by atoms with van der Waals surface area (Å²) in [6, 6.07) is 12.4. The molecule has 7 nitrogen and oxygen atoms in total. The molecule has 0 bridgehead atoms. The lowest BCUT2D eigenvalue weighted by atomic mass is 10.1. The molecule has 0 unspecified atom stereocenters. The first-order chi connectivity index (χ1) is 13.2. The third kappa shape index (κ3) is 4.75. The van der Waals surface area contributed by atoms with Crippen molar-refractivity contribution in [2.24, 2.45) is 0 Å². The van der Waals surface area contributed by atoms with Gasteiger partial charge in [-0.2, -0.15) is 0 Å². The molecule has 1 amide bonds. The number of carbonyl (C=O) groups is 1. The Balaban J connectivity index is 1.76. The van der Waals surface area contributed by atoms with Crippen molar-refractivity contribution >= 4 is 21.6 Å². The number of nitrogens with one attached hydrogen (secondary N) is 1. The van der Waals surface area contributed by atoms with E-state index in [0.29, 0.717) is 30.4 Å². The average molecular weight is 404 g/mol. The molecule has 0 fully saturated rings. The van der Waals surface area contributed by atoms with Crippen molar-refractivity contribution in [2.75, 3.05) is 30.3 Å². The quantitative estimate of drug-likeness (QED) is 0.799. The Kier molecular flexibility index (Phi) is 5.79. The van der Waals surface area contributed by atoms with Gasteiger partial charge in [-0.15, -0.1) is 0 Å². The summed E-state index contributed by atoms with van der Waals surface area (Å²) >= 11 is 0. The van der Waals surface area contributed by atoms with Crippen molar-refractivity contribution in [1.82, 2.24) is 5.32 Å². The van der Waals surface area contributed by atoms with Crippen LogP contribution >= 0.6 is 0 Å². The Morgan fingerprint density at radius 2 is 1.75 bits per heavy atom. The fourth-order valence-electron chi connectivity index (χ4n) is 2.94. The number of anilines is 1. The number of nitrogens with zero attached hydrogens (tertiary/aromatic N) is 1. The number of ether oxygens (including phenoxy) is 2. The minimum absolute atomic E-state index is 0.241. The Morgan fingerprint density at radius 3 is 2.39 bits per heavy atom. The Hall–Kier alpha value is -2.74. The van der Waals surface area contributed by atoms with E-state index in [1.54, 1.807) is 18.2 Å². The lowest BCUT2D eigenvalue weighted by Crippen LogP contribution is -2.41. The van der Waals surface area contributed by atoms with E-state index in [1.807, 2.05) is 38.1 Å². The molecule has 1 N–H and O–H groups in total. The normalized spacial score (nSPS) is 14.2. The molecule has 0 saturated heterocycles. The number of sulfonamides is 1. The number of hydrogen-bond acceptors (Lipinski definition) is 5. The van der Waals surface area contributed by atoms with Gasteiger partial charge >= 0.3 is 0 Å². The molecule has 8 heteroatoms. The molecule has 3 rings (SSSR count). The minimum Gasteiger partial charge on any atom is -0.486 e. The molecule has 1 atom stereocenters. The van der Waals surface area contributed by atoms with Crippen LogP contribution in [0.3, 0.4) is 0 Å². The summed E-state index contributed by atoms with van der Waals surface area (Å²) in [6.07, 6.45) is 1.07. The summed E-state index contributed by atoms with van der Waals surface area (Å²) < 4.78 is 36.6. The van der Waals surface area contributed by atoms with Gasteiger partial charge in [0.05, 0.1) is 18.0 Å². The van der Waals surface area contributed by atoms with Gasteiger partial charge in [0.2, 0.25) is 15.9 Å². The van der Waals surface area contributed by atoms with Crippen LogP contribution in [-0.4, -0.2) is 40.3 Å². The van der Waals surface area contributed by atoms with Gasteiger partial charge in [0.15, 0.2) is 11.5 Å². The Labute approximate surface area is 165 Å². The molecule has 2 aromatic carbocycles. The predicted octanol–water partition coefficient (Wildman–Crippen LogP) is 2.41. The highest BCUT2D eigenvalue weighted by Crippen LogP contribution is 2.34. The highest BCUT2D eigenvalue weighted by Gasteiger charge is 2.24. The number of hydrogen-bond donors (Lipinski definition) is 1. The SMILES string of the molecule is Cc1ccc([C@@H](C)NC(=O)CN(c2ccc3c(c2)OCCO3)S(C)(=O)=O)cc1. The summed E-state index contributed by atoms with van der Waals surface area (Å²) in [4.78, 5) is 12.5. The van der Waals surface area contributed by atoms with Crippen LogP contribution in [0, 0.1) is 6.92 Å². The molecular weight excluding hydrogens is 380 g/mol. The van der Waals surface area contributed by atoms with Crippen molar-refractivity contribution in [3.05, 3.63) is 53.6 Å². The van der Waals surface area contributed by atoms with E-state index in [1.165, 1.54) is 0 Å². The third-order valence-corrected chi connectivity index (χ3v) is 5.60. The first-order valence-corrected chi connectivity index (χ1v) is 10.8. The van der Waals surface area contributed by atoms with E-state index >= 15 is 0 Å². The van der Waals surface area contributed by atoms with E-state index in [0.717, 1.165) is 21.7 Å². The monoisotopic (exact) mass is 404 g/mol. The number of amides is 1. The van der Waals surface area contributed by atoms with E-state index in [2.05, 4.69) is 5.32 Å². The number of aryl methyl sites for hydroxylation is 1. The van der Waals surface area contributed by atoms with Crippen LogP contribution in [0.15, 0.2) is 42.5 Å². The van der Waals surface area contributed by atoms with Crippen molar-refractivity contribution in [1.29, 1.82) is 0 Å². The number of carbonyl (C=O) groups excluding carboxylic acids is 1. The second kappa shape index (κ2) is 8.10. The maximum atomic E-state index is 12.5. The van der Waals surface area contributed by atoms with Crippen molar-refractivity contribution in [3.63, 3.8) is 0 Å². The van der Waals surface area contributed by atoms with Crippen molar-refractivity contribution < 1.29 is 22.7 Å². The molecule has 2 aromatic rings. The largest absolute Gasteiger partial charge is 0.486 e. The van der Waals surface area contributed by atoms with Crippen LogP contribution in [0.5, 0.6) is 11.5 Å². The van der Waals surface area contributed by atoms with Crippen LogP contribution in [0.25, 0.3) is 0 Å². The summed E-state index contributed by atoms with van der Waals surface area (Å²) in [5, 5.41) is 2.85. The van der Waals surface area contributed by atoms with Gasteiger partial charge in [0, 0.05) is 6.07 Å². The molecule has 0 spiro atoms. The van der Waals surface area contributed by atoms with Crippen LogP contribution in [0.2, 0.25) is 0 Å². The smallest absolute Gasteiger partial charge is 0.241 e. The van der Waals surface area contributed by atoms with Gasteiger partial charge in [-0.1, -0.05) is 29.8 Å². The zero-order valence-corrected chi connectivity index (χ0v) is 17.0. The van der Waals surface area contributed by atoms with Gasteiger partial charge < -0.3 is 14.8 Å². The third-order valence-electron chi connectivity index (χ3n) is 4.46. The highest BCUT2D eigenvalue weighted by atomic mass is 32.2. The molecule has 1 aliphatic rings. The molecule has 1 heterocycles. The average Bonchev–Trinajstić information content (AvgIpc) is 2.65. The molecule has 150 valence electrons. The highest BCUT2D eigenvalue weighted by molar-refractivity contribution is 7.92. The van der Waals surface area contributed by atoms with Gasteiger partial charge in [-0.05, 0) is 31.5 Å². The standard InChI is InChI=1S/C20H24N2O5S/c1-14-4-6-16(7-5-14)15(2)21-20(23)13-22(28(3,24)25)17-8-9-18-19(12-17)27-11-10-26-18/h4-9,12,15H,10-11,13H2,1-3H3,(H,21,23)/t15-/m1/s1. The first kappa shape index (κ1) is 20.0. The zero-order chi connectivity index (χ0) is 20.3. The van der Waals surface area contributed by atoms with Crippen LogP contribution in [0.1, 0.15) is 24.1 Å². The minimum atomic E-state index is -3.67. The molecule has 28 heavy (non-hydrogen) atoms. The van der Waals surface area contributed by atoms with Gasteiger partial charge in [-0.25, -0.2) is 8.42 Å². The second-order valence-electron chi connectivity index (χ2n) is 6.80. The van der Waals surface area contributed by atoms with Crippen molar-refractivity contribution in [3.8, 4) is 11.5 Å². The van der Waals surface area contributed by atoms with Gasteiger partial charge in [-0.3, -0.25) is 9.10 Å². The lowest BCUT2D eigenvalue weighted by molar-refractivity contribution is -0.120. The second-order valence-corrected chi connectivity index (χ2v) is 8.70. The summed E-state index contributed by atoms with van der Waals surface area (Å²) in [5.41, 5.74) is 2.43. The first-order valence-electron chi connectivity index (χ1n) is 8.97. The Morgan fingerprint density at radius 1 is 1.11 bits per heavy atom. The molecule has 0 aromatic heterocycles. The molecule has 0 aliphatic carbocycles. The lowest BCUT2D eigenvalue weighted by Gasteiger charge is -2.25. The maximum absolute atomic E-state index is 12.5. The molecular formula is C20H24N2O5S. The van der Waals surface area contributed by atoms with E-state index in [9.17, 15) is 13.2 Å². The van der Waals surface area contributed by atoms with Gasteiger partial charge in [0.25, 0.3) is 0 Å². The fraction of sp³-hybridized carbons (Fsp3) is 0.350.